The van der Waals surface area contributed by atoms with E-state index in [1.54, 1.807) is 6.92 Å². The average molecular weight is 248 g/mol. The number of aromatic nitrogens is 2. The molecule has 0 aliphatic heterocycles. The predicted molar refractivity (Wildman–Crippen MR) is 53.7 cm³/mol. The van der Waals surface area contributed by atoms with Crippen molar-refractivity contribution in [3.05, 3.63) is 12.0 Å². The van der Waals surface area contributed by atoms with Gasteiger partial charge in [0.2, 0.25) is 5.91 Å². The van der Waals surface area contributed by atoms with Gasteiger partial charge in [-0.15, -0.1) is 0 Å². The molecule has 0 bridgehead atoms. The summed E-state index contributed by atoms with van der Waals surface area (Å²) < 4.78 is 25.1. The zero-order valence-electron chi connectivity index (χ0n) is 8.47. The number of nitrogens with zero attached hydrogens (tertiary/aromatic N) is 1. The number of H-pyrrole nitrogens is 1. The molecule has 90 valence electrons. The zero-order chi connectivity index (χ0) is 12.3. The molecule has 1 aromatic rings. The summed E-state index contributed by atoms with van der Waals surface area (Å²) in [6.07, 6.45) is -0.423. The third kappa shape index (κ3) is 3.02. The molecule has 0 aliphatic rings. The number of aryl methyl sites for hydroxylation is 1. The molecule has 1 rings (SSSR count). The second-order valence-corrected chi connectivity index (χ2v) is 4.84. The van der Waals surface area contributed by atoms with E-state index in [0.717, 1.165) is 6.20 Å². The first-order chi connectivity index (χ1) is 7.33. The van der Waals surface area contributed by atoms with Crippen LogP contribution >= 0.6 is 0 Å². The van der Waals surface area contributed by atoms with Crippen LogP contribution in [0, 0.1) is 6.92 Å². The van der Waals surface area contributed by atoms with Crippen molar-refractivity contribution in [2.24, 2.45) is 5.73 Å². The Balaban J connectivity index is 2.70. The molecular weight excluding hydrogens is 236 g/mol. The maximum atomic E-state index is 11.5. The standard InChI is InChI=1S/C7H12N4O4S/c1-4-9-3-6(11-4)16(14,15)10-2-5(12)7(8)13/h3,5,10,12H,2H2,1H3,(H2,8,13)(H,9,11). The summed E-state index contributed by atoms with van der Waals surface area (Å²) in [6.45, 7) is 1.12. The number of amides is 1. The van der Waals surface area contributed by atoms with Crippen LogP contribution in [0.2, 0.25) is 0 Å². The Bertz CT molecular complexity index is 480. The quantitative estimate of drug-likeness (QED) is 0.470. The van der Waals surface area contributed by atoms with Crippen LogP contribution in [-0.4, -0.2) is 42.0 Å². The summed E-state index contributed by atoms with van der Waals surface area (Å²) >= 11 is 0. The highest BCUT2D eigenvalue weighted by atomic mass is 32.2. The van der Waals surface area contributed by atoms with E-state index in [0.29, 0.717) is 5.82 Å². The highest BCUT2D eigenvalue weighted by Crippen LogP contribution is 2.04. The second kappa shape index (κ2) is 4.60. The third-order valence-electron chi connectivity index (χ3n) is 1.76. The van der Waals surface area contributed by atoms with Crippen molar-refractivity contribution in [1.82, 2.24) is 14.7 Å². The van der Waals surface area contributed by atoms with Crippen molar-refractivity contribution < 1.29 is 18.3 Å². The summed E-state index contributed by atoms with van der Waals surface area (Å²) in [5, 5.41) is 8.88. The van der Waals surface area contributed by atoms with Crippen molar-refractivity contribution in [3.8, 4) is 0 Å². The Labute approximate surface area is 91.9 Å². The van der Waals surface area contributed by atoms with E-state index in [2.05, 4.69) is 9.97 Å². The topological polar surface area (TPSA) is 138 Å². The molecule has 0 spiro atoms. The molecule has 1 heterocycles. The fraction of sp³-hybridized carbons (Fsp3) is 0.429. The maximum Gasteiger partial charge on any atom is 0.257 e. The molecule has 0 radical (unpaired) electrons. The van der Waals surface area contributed by atoms with Crippen LogP contribution in [0.15, 0.2) is 11.2 Å². The second-order valence-electron chi connectivity index (χ2n) is 3.10. The molecule has 8 nitrogen and oxygen atoms in total. The Morgan fingerprint density at radius 1 is 1.75 bits per heavy atom. The molecule has 1 unspecified atom stereocenters. The maximum absolute atomic E-state index is 11.5. The minimum Gasteiger partial charge on any atom is -0.382 e. The van der Waals surface area contributed by atoms with Crippen LogP contribution in [0.1, 0.15) is 5.82 Å². The van der Waals surface area contributed by atoms with Gasteiger partial charge in [0.15, 0.2) is 5.03 Å². The molecule has 16 heavy (non-hydrogen) atoms. The van der Waals surface area contributed by atoms with Gasteiger partial charge in [0.05, 0.1) is 6.20 Å². The Kier molecular flexibility index (Phi) is 3.62. The zero-order valence-corrected chi connectivity index (χ0v) is 9.28. The van der Waals surface area contributed by atoms with E-state index in [9.17, 15) is 13.2 Å². The first-order valence-electron chi connectivity index (χ1n) is 4.31. The minimum absolute atomic E-state index is 0.137. The van der Waals surface area contributed by atoms with Gasteiger partial charge in [0, 0.05) is 6.54 Å². The summed E-state index contributed by atoms with van der Waals surface area (Å²) in [5.41, 5.74) is 4.76. The number of nitrogens with one attached hydrogen (secondary N) is 2. The highest BCUT2D eigenvalue weighted by Gasteiger charge is 2.19. The van der Waals surface area contributed by atoms with Gasteiger partial charge < -0.3 is 15.8 Å². The molecule has 0 saturated heterocycles. The van der Waals surface area contributed by atoms with E-state index < -0.39 is 28.6 Å². The number of imidazole rings is 1. The van der Waals surface area contributed by atoms with Crippen molar-refractivity contribution in [2.45, 2.75) is 18.1 Å². The lowest BCUT2D eigenvalue weighted by atomic mass is 10.3. The van der Waals surface area contributed by atoms with Gasteiger partial charge in [-0.05, 0) is 6.92 Å². The molecule has 0 saturated carbocycles. The van der Waals surface area contributed by atoms with Gasteiger partial charge in [-0.1, -0.05) is 0 Å². The molecule has 1 aromatic heterocycles. The number of rotatable bonds is 5. The number of primary amides is 1. The first-order valence-corrected chi connectivity index (χ1v) is 5.80. The van der Waals surface area contributed by atoms with Crippen LogP contribution in [0.3, 0.4) is 0 Å². The molecule has 1 atom stereocenters. The third-order valence-corrected chi connectivity index (χ3v) is 3.10. The Hall–Kier alpha value is -1.45. The lowest BCUT2D eigenvalue weighted by molar-refractivity contribution is -0.125. The number of carbonyl (C=O) groups excluding carboxylic acids is 1. The van der Waals surface area contributed by atoms with E-state index >= 15 is 0 Å². The van der Waals surface area contributed by atoms with E-state index in [-0.39, 0.29) is 5.03 Å². The number of nitrogens with two attached hydrogens (primary N) is 1. The SMILES string of the molecule is Cc1ncc(S(=O)(=O)NCC(O)C(N)=O)[nH]1. The number of sulfonamides is 1. The lowest BCUT2D eigenvalue weighted by Gasteiger charge is -2.07. The lowest BCUT2D eigenvalue weighted by Crippen LogP contribution is -2.40. The molecule has 0 aromatic carbocycles. The average Bonchev–Trinajstić information content (AvgIpc) is 2.61. The smallest absolute Gasteiger partial charge is 0.257 e. The van der Waals surface area contributed by atoms with Gasteiger partial charge in [-0.3, -0.25) is 4.79 Å². The highest BCUT2D eigenvalue weighted by molar-refractivity contribution is 7.89. The van der Waals surface area contributed by atoms with Crippen molar-refractivity contribution >= 4 is 15.9 Å². The Morgan fingerprint density at radius 3 is 2.81 bits per heavy atom. The number of hydrogen-bond donors (Lipinski definition) is 4. The van der Waals surface area contributed by atoms with Gasteiger partial charge in [0.1, 0.15) is 11.9 Å². The molecule has 5 N–H and O–H groups in total. The monoisotopic (exact) mass is 248 g/mol. The number of aliphatic hydroxyl groups excluding tert-OH is 1. The molecule has 1 amide bonds. The van der Waals surface area contributed by atoms with Crippen molar-refractivity contribution in [2.75, 3.05) is 6.54 Å². The van der Waals surface area contributed by atoms with Crippen LogP contribution in [0.25, 0.3) is 0 Å². The molecule has 0 fully saturated rings. The van der Waals surface area contributed by atoms with E-state index in [1.807, 2.05) is 4.72 Å². The summed E-state index contributed by atoms with van der Waals surface area (Å²) in [6, 6.07) is 0. The summed E-state index contributed by atoms with van der Waals surface area (Å²) in [4.78, 5) is 16.7. The fourth-order valence-corrected chi connectivity index (χ4v) is 1.91. The van der Waals surface area contributed by atoms with Crippen LogP contribution in [0.4, 0.5) is 0 Å². The van der Waals surface area contributed by atoms with Gasteiger partial charge in [-0.25, -0.2) is 18.1 Å². The van der Waals surface area contributed by atoms with Crippen LogP contribution < -0.4 is 10.5 Å². The first kappa shape index (κ1) is 12.6. The number of hydrogen-bond acceptors (Lipinski definition) is 5. The summed E-state index contributed by atoms with van der Waals surface area (Å²) in [5.74, 6) is -0.556. The largest absolute Gasteiger partial charge is 0.382 e. The van der Waals surface area contributed by atoms with E-state index in [1.165, 1.54) is 0 Å². The predicted octanol–water partition coefficient (Wildman–Crippen LogP) is -2.16. The van der Waals surface area contributed by atoms with Gasteiger partial charge in [-0.2, -0.15) is 0 Å². The number of aliphatic hydroxyl groups is 1. The number of aromatic amines is 1. The van der Waals surface area contributed by atoms with Crippen molar-refractivity contribution in [3.63, 3.8) is 0 Å². The number of carbonyl (C=O) groups is 1. The Morgan fingerprint density at radius 2 is 2.38 bits per heavy atom. The molecular formula is C7H12N4O4S. The molecule has 9 heteroatoms. The summed E-state index contributed by atoms with van der Waals surface area (Å²) in [7, 11) is -3.80. The van der Waals surface area contributed by atoms with Gasteiger partial charge in [0.25, 0.3) is 10.0 Å². The van der Waals surface area contributed by atoms with Crippen LogP contribution in [-0.2, 0) is 14.8 Å². The van der Waals surface area contributed by atoms with Crippen LogP contribution in [0.5, 0.6) is 0 Å². The minimum atomic E-state index is -3.80. The molecule has 0 aliphatic carbocycles. The van der Waals surface area contributed by atoms with E-state index in [4.69, 9.17) is 10.8 Å². The van der Waals surface area contributed by atoms with Crippen molar-refractivity contribution in [1.29, 1.82) is 0 Å². The fourth-order valence-electron chi connectivity index (χ4n) is 0.902. The van der Waals surface area contributed by atoms with Gasteiger partial charge >= 0.3 is 0 Å². The normalized spacial score (nSPS) is 13.6.